The Morgan fingerprint density at radius 1 is 1.10 bits per heavy atom. The number of methoxy groups -OCH3 is 1. The topological polar surface area (TPSA) is 18.5 Å². The van der Waals surface area contributed by atoms with Crippen LogP contribution in [0.15, 0.2) is 42.5 Å². The molecular formula is C18H30O2Si. The lowest BCUT2D eigenvalue weighted by Crippen LogP contribution is -2.44. The van der Waals surface area contributed by atoms with Gasteiger partial charge >= 0.3 is 0 Å². The highest BCUT2D eigenvalue weighted by Crippen LogP contribution is 2.41. The third-order valence-electron chi connectivity index (χ3n) is 4.31. The molecule has 0 amide bonds. The van der Waals surface area contributed by atoms with Crippen LogP contribution in [-0.4, -0.2) is 21.5 Å². The van der Waals surface area contributed by atoms with Crippen molar-refractivity contribution in [2.75, 3.05) is 7.11 Å². The molecule has 0 spiro atoms. The maximum absolute atomic E-state index is 6.66. The Morgan fingerprint density at radius 2 is 1.67 bits per heavy atom. The summed E-state index contributed by atoms with van der Waals surface area (Å²) in [6, 6.07) is 10.4. The van der Waals surface area contributed by atoms with Gasteiger partial charge in [-0.1, -0.05) is 63.3 Å². The predicted molar refractivity (Wildman–Crippen MR) is 93.1 cm³/mol. The maximum Gasteiger partial charge on any atom is 0.193 e. The average Bonchev–Trinajstić information content (AvgIpc) is 2.42. The Bertz CT molecular complexity index is 446. The molecule has 0 aliphatic rings. The summed E-state index contributed by atoms with van der Waals surface area (Å²) in [5.74, 6) is 0. The Kier molecular flexibility index (Phi) is 6.38. The first-order chi connectivity index (χ1) is 9.73. The summed E-state index contributed by atoms with van der Waals surface area (Å²) in [7, 11) is -0.127. The summed E-state index contributed by atoms with van der Waals surface area (Å²) in [5, 5.41) is 0.175. The molecule has 0 aliphatic heterocycles. The molecule has 0 fully saturated rings. The van der Waals surface area contributed by atoms with E-state index < -0.39 is 8.32 Å². The normalized spacial score (nSPS) is 16.1. The van der Waals surface area contributed by atoms with Gasteiger partial charge in [0.25, 0.3) is 0 Å². The van der Waals surface area contributed by atoms with Crippen molar-refractivity contribution in [1.82, 2.24) is 0 Å². The predicted octanol–water partition coefficient (Wildman–Crippen LogP) is 5.34. The van der Waals surface area contributed by atoms with E-state index in [2.05, 4.69) is 64.2 Å². The second-order valence-corrected chi connectivity index (χ2v) is 11.7. The Hall–Kier alpha value is -0.903. The molecule has 0 saturated carbocycles. The Morgan fingerprint density at radius 3 is 2.10 bits per heavy atom. The molecule has 2 atom stereocenters. The second-order valence-electron chi connectivity index (χ2n) is 6.94. The van der Waals surface area contributed by atoms with Crippen LogP contribution in [0.5, 0.6) is 0 Å². The second kappa shape index (κ2) is 7.39. The van der Waals surface area contributed by atoms with Gasteiger partial charge in [-0.3, -0.25) is 0 Å². The number of hydrogen-bond acceptors (Lipinski definition) is 2. The minimum absolute atomic E-state index is 0.0618. The van der Waals surface area contributed by atoms with Gasteiger partial charge in [-0.15, -0.1) is 0 Å². The van der Waals surface area contributed by atoms with Crippen LogP contribution in [0.4, 0.5) is 0 Å². The number of hydrogen-bond donors (Lipinski definition) is 0. The zero-order valence-corrected chi connectivity index (χ0v) is 15.5. The van der Waals surface area contributed by atoms with E-state index in [1.807, 2.05) is 19.1 Å². The first-order valence-electron chi connectivity index (χ1n) is 7.61. The Balaban J connectivity index is 3.14. The minimum atomic E-state index is -1.87. The summed E-state index contributed by atoms with van der Waals surface area (Å²) in [6.07, 6.45) is 3.98. The SMILES string of the molecule is C/C=C/[C@H](OC)[C@H](O[Si](C)(C)C(C)(C)C)c1ccccc1. The van der Waals surface area contributed by atoms with Crippen molar-refractivity contribution >= 4 is 8.32 Å². The van der Waals surface area contributed by atoms with E-state index in [9.17, 15) is 0 Å². The molecule has 0 unspecified atom stereocenters. The molecule has 0 aromatic heterocycles. The summed E-state index contributed by atoms with van der Waals surface area (Å²) in [5.41, 5.74) is 1.17. The Labute approximate surface area is 131 Å². The molecule has 0 aliphatic carbocycles. The fourth-order valence-corrected chi connectivity index (χ4v) is 3.21. The summed E-state index contributed by atoms with van der Waals surface area (Å²) < 4.78 is 12.3. The third-order valence-corrected chi connectivity index (χ3v) is 8.76. The van der Waals surface area contributed by atoms with Crippen LogP contribution in [0.1, 0.15) is 39.4 Å². The van der Waals surface area contributed by atoms with E-state index in [-0.39, 0.29) is 17.2 Å². The lowest BCUT2D eigenvalue weighted by atomic mass is 10.0. The van der Waals surface area contributed by atoms with Crippen LogP contribution in [0, 0.1) is 0 Å². The van der Waals surface area contributed by atoms with E-state index in [1.165, 1.54) is 5.56 Å². The van der Waals surface area contributed by atoms with Crippen molar-refractivity contribution in [3.63, 3.8) is 0 Å². The molecule has 118 valence electrons. The monoisotopic (exact) mass is 306 g/mol. The largest absolute Gasteiger partial charge is 0.407 e. The van der Waals surface area contributed by atoms with Gasteiger partial charge < -0.3 is 9.16 Å². The van der Waals surface area contributed by atoms with Gasteiger partial charge in [0.2, 0.25) is 0 Å². The van der Waals surface area contributed by atoms with Gasteiger partial charge in [0.15, 0.2) is 8.32 Å². The lowest BCUT2D eigenvalue weighted by Gasteiger charge is -2.40. The standard InChI is InChI=1S/C18H30O2Si/c1-8-12-16(19-5)17(15-13-10-9-11-14-15)20-21(6,7)18(2,3)4/h8-14,16-17H,1-7H3/b12-8+/t16-,17+/m0/s1. The van der Waals surface area contributed by atoms with Gasteiger partial charge in [0.05, 0.1) is 0 Å². The van der Waals surface area contributed by atoms with Gasteiger partial charge in [-0.05, 0) is 30.6 Å². The quantitative estimate of drug-likeness (QED) is 0.521. The van der Waals surface area contributed by atoms with Gasteiger partial charge in [-0.25, -0.2) is 0 Å². The summed E-state index contributed by atoms with van der Waals surface area (Å²) in [4.78, 5) is 0. The van der Waals surface area contributed by atoms with Crippen LogP contribution in [0.25, 0.3) is 0 Å². The number of allylic oxidation sites excluding steroid dienone is 1. The van der Waals surface area contributed by atoms with Crippen LogP contribution in [0.2, 0.25) is 18.1 Å². The summed E-state index contributed by atoms with van der Waals surface area (Å²) >= 11 is 0. The highest BCUT2D eigenvalue weighted by atomic mass is 28.4. The van der Waals surface area contributed by atoms with Gasteiger partial charge in [0.1, 0.15) is 12.2 Å². The van der Waals surface area contributed by atoms with Crippen molar-refractivity contribution in [1.29, 1.82) is 0 Å². The van der Waals surface area contributed by atoms with E-state index in [0.29, 0.717) is 0 Å². The van der Waals surface area contributed by atoms with Crippen molar-refractivity contribution in [3.05, 3.63) is 48.0 Å². The number of ether oxygens (including phenoxy) is 1. The smallest absolute Gasteiger partial charge is 0.193 e. The number of benzene rings is 1. The first kappa shape index (κ1) is 18.1. The van der Waals surface area contributed by atoms with Crippen molar-refractivity contribution in [3.8, 4) is 0 Å². The van der Waals surface area contributed by atoms with Gasteiger partial charge in [-0.2, -0.15) is 0 Å². The maximum atomic E-state index is 6.66. The van der Waals surface area contributed by atoms with Crippen LogP contribution in [-0.2, 0) is 9.16 Å². The molecule has 21 heavy (non-hydrogen) atoms. The molecule has 2 nitrogen and oxygen atoms in total. The molecule has 0 saturated heterocycles. The van der Waals surface area contributed by atoms with Gasteiger partial charge in [0, 0.05) is 7.11 Å². The van der Waals surface area contributed by atoms with Crippen molar-refractivity contribution in [2.45, 2.75) is 58.0 Å². The van der Waals surface area contributed by atoms with Crippen LogP contribution >= 0.6 is 0 Å². The molecule has 0 bridgehead atoms. The molecular weight excluding hydrogens is 276 g/mol. The van der Waals surface area contributed by atoms with Crippen molar-refractivity contribution < 1.29 is 9.16 Å². The first-order valence-corrected chi connectivity index (χ1v) is 10.5. The third kappa shape index (κ3) is 4.80. The van der Waals surface area contributed by atoms with E-state index in [4.69, 9.17) is 9.16 Å². The van der Waals surface area contributed by atoms with E-state index in [0.717, 1.165) is 0 Å². The molecule has 1 aromatic rings. The molecule has 1 aromatic carbocycles. The molecule has 1 rings (SSSR count). The van der Waals surface area contributed by atoms with Crippen molar-refractivity contribution in [2.24, 2.45) is 0 Å². The zero-order valence-electron chi connectivity index (χ0n) is 14.5. The molecule has 0 heterocycles. The molecule has 0 radical (unpaired) electrons. The van der Waals surface area contributed by atoms with E-state index >= 15 is 0 Å². The molecule has 3 heteroatoms. The molecule has 0 N–H and O–H groups in total. The summed E-state index contributed by atoms with van der Waals surface area (Å²) in [6.45, 7) is 13.4. The highest BCUT2D eigenvalue weighted by molar-refractivity contribution is 6.74. The minimum Gasteiger partial charge on any atom is -0.407 e. The fraction of sp³-hybridized carbons (Fsp3) is 0.556. The fourth-order valence-electron chi connectivity index (χ4n) is 1.95. The highest BCUT2D eigenvalue weighted by Gasteiger charge is 2.40. The average molecular weight is 307 g/mol. The van der Waals surface area contributed by atoms with E-state index in [1.54, 1.807) is 7.11 Å². The lowest BCUT2D eigenvalue weighted by molar-refractivity contribution is 0.0230. The van der Waals surface area contributed by atoms with Crippen LogP contribution < -0.4 is 0 Å². The number of rotatable bonds is 6. The van der Waals surface area contributed by atoms with Crippen LogP contribution in [0.3, 0.4) is 0 Å². The zero-order chi connectivity index (χ0) is 16.1.